The first-order valence-corrected chi connectivity index (χ1v) is 16.1. The van der Waals surface area contributed by atoms with Crippen LogP contribution in [0.15, 0.2) is 42.5 Å². The van der Waals surface area contributed by atoms with Gasteiger partial charge in [0.2, 0.25) is 0 Å². The van der Waals surface area contributed by atoms with Gasteiger partial charge in [-0.3, -0.25) is 4.79 Å². The first-order valence-electron chi connectivity index (χ1n) is 16.1. The minimum Gasteiger partial charge on any atom is -0.392 e. The molecular weight excluding hydrogens is 512 g/mol. The van der Waals surface area contributed by atoms with Crippen LogP contribution in [0.4, 0.5) is 0 Å². The summed E-state index contributed by atoms with van der Waals surface area (Å²) < 4.78 is 17.6. The Hall–Kier alpha value is -1.79. The topological polar surface area (TPSA) is 65.0 Å². The molecule has 5 heteroatoms. The summed E-state index contributed by atoms with van der Waals surface area (Å²) in [7, 11) is 1.80. The predicted molar refractivity (Wildman–Crippen MR) is 169 cm³/mol. The molecule has 5 nitrogen and oxygen atoms in total. The summed E-state index contributed by atoms with van der Waals surface area (Å²) >= 11 is 0. The van der Waals surface area contributed by atoms with E-state index in [-0.39, 0.29) is 18.5 Å². The zero-order chi connectivity index (χ0) is 29.9. The lowest BCUT2D eigenvalue weighted by Gasteiger charge is -2.31. The third kappa shape index (κ3) is 14.8. The van der Waals surface area contributed by atoms with E-state index in [4.69, 9.17) is 19.3 Å². The lowest BCUT2D eigenvalue weighted by molar-refractivity contribution is -0.204. The van der Waals surface area contributed by atoms with Crippen molar-refractivity contribution in [3.63, 3.8) is 0 Å². The van der Waals surface area contributed by atoms with Gasteiger partial charge in [0.25, 0.3) is 0 Å². The molecule has 2 atom stereocenters. The molecule has 2 unspecified atom stereocenters. The van der Waals surface area contributed by atoms with E-state index >= 15 is 0 Å². The van der Waals surface area contributed by atoms with Crippen LogP contribution in [0.3, 0.4) is 0 Å². The molecule has 0 bridgehead atoms. The van der Waals surface area contributed by atoms with Gasteiger partial charge in [-0.1, -0.05) is 56.5 Å². The van der Waals surface area contributed by atoms with E-state index in [0.717, 1.165) is 45.0 Å². The van der Waals surface area contributed by atoms with E-state index < -0.39 is 0 Å². The number of methoxy groups -OCH3 is 1. The second-order valence-electron chi connectivity index (χ2n) is 12.4. The molecule has 232 valence electrons. The monoisotopic (exact) mass is 570 g/mol. The van der Waals surface area contributed by atoms with Crippen molar-refractivity contribution < 1.29 is 24.1 Å². The maximum atomic E-state index is 9.48. The highest BCUT2D eigenvalue weighted by atomic mass is 16.7. The number of carbonyl (C=O) groups is 1. The second kappa shape index (κ2) is 21.0. The molecule has 3 rings (SSSR count). The molecule has 1 aromatic rings. The molecule has 41 heavy (non-hydrogen) atoms. The van der Waals surface area contributed by atoms with Crippen LogP contribution in [-0.4, -0.2) is 51.2 Å². The number of benzene rings is 1. The number of aliphatic hydroxyl groups is 1. The Labute approximate surface area is 250 Å². The quantitative estimate of drug-likeness (QED) is 0.0844. The van der Waals surface area contributed by atoms with Crippen molar-refractivity contribution in [3.8, 4) is 0 Å². The van der Waals surface area contributed by atoms with Gasteiger partial charge in [-0.2, -0.15) is 0 Å². The first kappa shape index (κ1) is 35.4. The number of hydrogen-bond donors (Lipinski definition) is 1. The van der Waals surface area contributed by atoms with Crippen LogP contribution in [0.5, 0.6) is 0 Å². The third-order valence-corrected chi connectivity index (χ3v) is 8.40. The van der Waals surface area contributed by atoms with Crippen LogP contribution in [-0.2, 0) is 38.3 Å². The molecule has 2 aliphatic rings. The number of carbonyl (C=O) groups excluding carboxylic acids is 1. The number of allylic oxidation sites excluding steroid dienone is 1. The highest BCUT2D eigenvalue weighted by Gasteiger charge is 2.25. The van der Waals surface area contributed by atoms with Crippen molar-refractivity contribution in [1.29, 1.82) is 0 Å². The summed E-state index contributed by atoms with van der Waals surface area (Å²) in [5, 5.41) is 8.00. The molecule has 0 amide bonds. The highest BCUT2D eigenvalue weighted by Crippen LogP contribution is 2.31. The molecule has 1 heterocycles. The van der Waals surface area contributed by atoms with Crippen molar-refractivity contribution in [2.24, 2.45) is 17.8 Å². The van der Waals surface area contributed by atoms with E-state index in [1.807, 2.05) is 0 Å². The number of aryl methyl sites for hydroxylation is 2. The van der Waals surface area contributed by atoms with Crippen molar-refractivity contribution in [2.75, 3.05) is 33.5 Å². The number of rotatable bonds is 18. The van der Waals surface area contributed by atoms with Gasteiger partial charge in [0.05, 0.1) is 19.8 Å². The number of aliphatic hydroxyl groups excluding tert-OH is 1. The average molecular weight is 571 g/mol. The van der Waals surface area contributed by atoms with E-state index in [1.54, 1.807) is 23.8 Å². The minimum absolute atomic E-state index is 0.00125. The van der Waals surface area contributed by atoms with Gasteiger partial charge in [-0.05, 0) is 106 Å². The summed E-state index contributed by atoms with van der Waals surface area (Å²) in [6, 6.07) is 7.32. The molecule has 0 spiro atoms. The summed E-state index contributed by atoms with van der Waals surface area (Å²) in [6.07, 6.45) is 17.8. The molecular formula is C36H58O5. The van der Waals surface area contributed by atoms with Crippen LogP contribution in [0, 0.1) is 17.8 Å². The number of aldehydes is 1. The normalized spacial score (nSPS) is 20.8. The van der Waals surface area contributed by atoms with E-state index in [2.05, 4.69) is 45.2 Å². The zero-order valence-corrected chi connectivity index (χ0v) is 26.3. The third-order valence-electron chi connectivity index (χ3n) is 8.40. The van der Waals surface area contributed by atoms with E-state index in [0.29, 0.717) is 18.1 Å². The van der Waals surface area contributed by atoms with Crippen LogP contribution in [0.25, 0.3) is 0 Å². The summed E-state index contributed by atoms with van der Waals surface area (Å²) in [4.78, 5) is 9.48. The van der Waals surface area contributed by atoms with E-state index in [9.17, 15) is 4.79 Å². The fourth-order valence-corrected chi connectivity index (χ4v) is 6.01. The van der Waals surface area contributed by atoms with Crippen molar-refractivity contribution in [3.05, 3.63) is 59.2 Å². The molecule has 0 saturated carbocycles. The number of unbranched alkanes of at least 4 members (excludes halogenated alkanes) is 3. The predicted octanol–water partition coefficient (Wildman–Crippen LogP) is 7.82. The largest absolute Gasteiger partial charge is 0.392 e. The van der Waals surface area contributed by atoms with Crippen LogP contribution in [0.1, 0.15) is 101 Å². The fourth-order valence-electron chi connectivity index (χ4n) is 6.01. The Morgan fingerprint density at radius 3 is 2.46 bits per heavy atom. The first-order chi connectivity index (χ1) is 19.9. The standard InChI is InChI=1S/C32H52O3.C4H6O2/c1-5-6-7-10-26-15-17-31-21-27(16-18-30(31)20-26)13-14-29-23-34-32(35-24-29)12-9-8-11-28(22-33-4)19-25(2)3;1-4(2-5)3-6/h15,17,20,27-29,32H,2,5-14,16,18-19,21-24H2,1,3-4H3;2,6H,1,3H2. The maximum absolute atomic E-state index is 9.48. The molecule has 1 fully saturated rings. The molecule has 1 aliphatic carbocycles. The van der Waals surface area contributed by atoms with Crippen molar-refractivity contribution in [2.45, 2.75) is 110 Å². The van der Waals surface area contributed by atoms with Crippen LogP contribution in [0.2, 0.25) is 0 Å². The number of hydrogen-bond acceptors (Lipinski definition) is 5. The van der Waals surface area contributed by atoms with E-state index in [1.165, 1.54) is 76.2 Å². The molecule has 1 saturated heterocycles. The molecule has 0 radical (unpaired) electrons. The smallest absolute Gasteiger partial charge is 0.157 e. The lowest BCUT2D eigenvalue weighted by atomic mass is 9.80. The Bertz CT molecular complexity index is 886. The zero-order valence-electron chi connectivity index (χ0n) is 26.3. The Kier molecular flexibility index (Phi) is 18.1. The second-order valence-corrected chi connectivity index (χ2v) is 12.4. The van der Waals surface area contributed by atoms with Crippen LogP contribution < -0.4 is 0 Å². The molecule has 1 aliphatic heterocycles. The molecule has 1 aromatic carbocycles. The van der Waals surface area contributed by atoms with Gasteiger partial charge in [-0.15, -0.1) is 6.58 Å². The highest BCUT2D eigenvalue weighted by molar-refractivity contribution is 5.72. The maximum Gasteiger partial charge on any atom is 0.157 e. The average Bonchev–Trinajstić information content (AvgIpc) is 2.98. The van der Waals surface area contributed by atoms with Gasteiger partial charge >= 0.3 is 0 Å². The molecule has 1 N–H and O–H groups in total. The van der Waals surface area contributed by atoms with Gasteiger partial charge in [-0.25, -0.2) is 0 Å². The van der Waals surface area contributed by atoms with Crippen molar-refractivity contribution in [1.82, 2.24) is 0 Å². The number of ether oxygens (including phenoxy) is 3. The Morgan fingerprint density at radius 1 is 1.07 bits per heavy atom. The number of fused-ring (bicyclic) bond motifs is 1. The van der Waals surface area contributed by atoms with Crippen molar-refractivity contribution >= 4 is 6.29 Å². The van der Waals surface area contributed by atoms with Gasteiger partial charge in [0.1, 0.15) is 6.29 Å². The van der Waals surface area contributed by atoms with Gasteiger partial charge in [0, 0.05) is 25.2 Å². The lowest BCUT2D eigenvalue weighted by Crippen LogP contribution is -2.32. The summed E-state index contributed by atoms with van der Waals surface area (Å²) in [6.45, 7) is 14.0. The van der Waals surface area contributed by atoms with Crippen LogP contribution >= 0.6 is 0 Å². The minimum atomic E-state index is -0.233. The fraction of sp³-hybridized carbons (Fsp3) is 0.694. The van der Waals surface area contributed by atoms with Gasteiger partial charge < -0.3 is 19.3 Å². The Morgan fingerprint density at radius 2 is 1.83 bits per heavy atom. The summed E-state index contributed by atoms with van der Waals surface area (Å²) in [5.74, 6) is 1.98. The SMILES string of the molecule is C=C(C)CC(CCCCC1OCC(CCC2CCc3cc(CCCCC)ccc3C2)CO1)COC.C=C(C=O)CO. The summed E-state index contributed by atoms with van der Waals surface area (Å²) in [5.41, 5.74) is 6.24. The molecule has 0 aromatic heterocycles. The van der Waals surface area contributed by atoms with Gasteiger partial charge in [0.15, 0.2) is 6.29 Å². The Balaban J connectivity index is 0.000000883.